The van der Waals surface area contributed by atoms with Crippen LogP contribution >= 0.6 is 0 Å². The fourth-order valence-electron chi connectivity index (χ4n) is 7.88. The van der Waals surface area contributed by atoms with Crippen molar-refractivity contribution in [3.05, 3.63) is 72.4 Å². The number of nitrogens with zero attached hydrogens (tertiary/aromatic N) is 4. The minimum atomic E-state index is -1.22. The summed E-state index contributed by atoms with van der Waals surface area (Å²) in [5, 5.41) is 7.32. The number of aromatic amines is 2. The first-order valence-electron chi connectivity index (χ1n) is 19.4. The van der Waals surface area contributed by atoms with Crippen LogP contribution in [0.1, 0.15) is 57.8 Å². The van der Waals surface area contributed by atoms with E-state index in [0.717, 1.165) is 55.8 Å². The van der Waals surface area contributed by atoms with E-state index in [1.165, 1.54) is 19.1 Å². The van der Waals surface area contributed by atoms with Crippen LogP contribution in [0.15, 0.2) is 60.8 Å². The van der Waals surface area contributed by atoms with Crippen molar-refractivity contribution < 1.29 is 33.0 Å². The summed E-state index contributed by atoms with van der Waals surface area (Å²) in [5.74, 6) is 1.67. The number of alkyl carbamates (subject to hydrolysis) is 2. The van der Waals surface area contributed by atoms with Crippen LogP contribution in [0.4, 0.5) is 14.0 Å². The summed E-state index contributed by atoms with van der Waals surface area (Å²) in [5.41, 5.74) is 5.35. The normalized spacial score (nSPS) is 20.5. The van der Waals surface area contributed by atoms with Gasteiger partial charge in [0.15, 0.2) is 5.88 Å². The van der Waals surface area contributed by atoms with Crippen LogP contribution < -0.4 is 10.6 Å². The van der Waals surface area contributed by atoms with Crippen LogP contribution in [0.2, 0.25) is 0 Å². The van der Waals surface area contributed by atoms with Crippen molar-refractivity contribution in [2.45, 2.75) is 64.5 Å². The maximum absolute atomic E-state index is 14.8. The number of fused-ring (bicyclic) bond motifs is 3. The summed E-state index contributed by atoms with van der Waals surface area (Å²) >= 11 is 0. The lowest BCUT2D eigenvalue weighted by molar-refractivity contribution is -0.136. The number of carbonyl (C=O) groups excluding carboxylic acids is 4. The molecule has 2 aliphatic rings. The molecule has 0 bridgehead atoms. The highest BCUT2D eigenvalue weighted by Gasteiger charge is 2.45. The van der Waals surface area contributed by atoms with Gasteiger partial charge < -0.3 is 35.0 Å². The molecule has 4 amide bonds. The second-order valence-corrected chi connectivity index (χ2v) is 17.9. The molecule has 4 heterocycles. The van der Waals surface area contributed by atoms with E-state index >= 15 is 0 Å². The third-order valence-electron chi connectivity index (χ3n) is 11.0. The predicted octanol–water partition coefficient (Wildman–Crippen LogP) is 6.23. The highest BCUT2D eigenvalue weighted by atomic mass is 32.2. The summed E-state index contributed by atoms with van der Waals surface area (Å²) in [4.78, 5) is 71.1. The van der Waals surface area contributed by atoms with Gasteiger partial charge in [0.05, 0.1) is 56.0 Å². The highest BCUT2D eigenvalue weighted by molar-refractivity contribution is 7.96. The Bertz CT molecular complexity index is 2330. The van der Waals surface area contributed by atoms with Gasteiger partial charge in [-0.1, -0.05) is 70.2 Å². The molecule has 4 N–H and O–H groups in total. The molecule has 14 nitrogen and oxygen atoms in total. The molecule has 2 fully saturated rings. The number of rotatable bonds is 10. The van der Waals surface area contributed by atoms with Crippen LogP contribution in [0.5, 0.6) is 0 Å². The summed E-state index contributed by atoms with van der Waals surface area (Å²) in [6.45, 7) is 7.34. The van der Waals surface area contributed by atoms with Gasteiger partial charge in [0.1, 0.15) is 41.7 Å². The zero-order valence-corrected chi connectivity index (χ0v) is 34.5. The Kier molecular flexibility index (Phi) is 11.7. The number of H-pyrrole nitrogens is 2. The quantitative estimate of drug-likeness (QED) is 0.120. The lowest BCUT2D eigenvalue weighted by Crippen LogP contribution is -2.51. The van der Waals surface area contributed by atoms with Gasteiger partial charge in [0, 0.05) is 22.7 Å². The minimum Gasteiger partial charge on any atom is -0.453 e. The number of carbonyl (C=O) groups is 4. The zero-order valence-electron chi connectivity index (χ0n) is 33.7. The second-order valence-electron chi connectivity index (χ2n) is 15.7. The molecule has 2 saturated heterocycles. The maximum atomic E-state index is 14.8. The van der Waals surface area contributed by atoms with Crippen molar-refractivity contribution in [3.8, 4) is 22.4 Å². The Labute approximate surface area is 339 Å². The minimum absolute atomic E-state index is 0.0422. The van der Waals surface area contributed by atoms with Crippen LogP contribution in [0.25, 0.3) is 44.2 Å². The van der Waals surface area contributed by atoms with E-state index in [0.29, 0.717) is 11.7 Å². The number of halogens is 1. The first-order valence-corrected chi connectivity index (χ1v) is 21.3. The lowest BCUT2D eigenvalue weighted by atomic mass is 9.99. The number of ether oxygens (including phenoxy) is 2. The van der Waals surface area contributed by atoms with E-state index in [1.54, 1.807) is 6.20 Å². The van der Waals surface area contributed by atoms with Crippen molar-refractivity contribution >= 4 is 56.7 Å². The summed E-state index contributed by atoms with van der Waals surface area (Å²) in [6, 6.07) is 16.0. The van der Waals surface area contributed by atoms with E-state index in [2.05, 4.69) is 56.1 Å². The van der Waals surface area contributed by atoms with Gasteiger partial charge in [-0.05, 0) is 46.0 Å². The largest absolute Gasteiger partial charge is 0.453 e. The first kappa shape index (κ1) is 40.6. The third-order valence-corrected chi connectivity index (χ3v) is 12.6. The molecule has 5 aromatic rings. The molecule has 0 aliphatic carbocycles. The first-order chi connectivity index (χ1) is 27.8. The van der Waals surface area contributed by atoms with Gasteiger partial charge in [-0.25, -0.2) is 23.9 Å². The van der Waals surface area contributed by atoms with Gasteiger partial charge in [0.25, 0.3) is 0 Å². The molecule has 58 heavy (non-hydrogen) atoms. The average molecular weight is 814 g/mol. The van der Waals surface area contributed by atoms with Gasteiger partial charge >= 0.3 is 12.2 Å². The molecular formula is C42H50FN8O6S+. The molecule has 0 radical (unpaired) electrons. The van der Waals surface area contributed by atoms with Crippen LogP contribution in [-0.2, 0) is 30.0 Å². The topological polar surface area (TPSA) is 175 Å². The van der Waals surface area contributed by atoms with Crippen molar-refractivity contribution in [2.24, 2.45) is 11.8 Å². The molecule has 306 valence electrons. The Hall–Kier alpha value is -5.64. The van der Waals surface area contributed by atoms with Gasteiger partial charge in [0.2, 0.25) is 11.8 Å². The van der Waals surface area contributed by atoms with E-state index < -0.39 is 36.5 Å². The number of hydrogen-bond donors (Lipinski definition) is 4. The number of amides is 4. The van der Waals surface area contributed by atoms with Crippen molar-refractivity contribution in [3.63, 3.8) is 0 Å². The van der Waals surface area contributed by atoms with Gasteiger partial charge in [-0.2, -0.15) is 0 Å². The third kappa shape index (κ3) is 8.06. The van der Waals surface area contributed by atoms with E-state index in [9.17, 15) is 23.6 Å². The molecule has 6 atom stereocenters. The number of aromatic nitrogens is 4. The number of alkyl halides is 1. The van der Waals surface area contributed by atoms with Crippen LogP contribution in [-0.4, -0.2) is 111 Å². The number of likely N-dealkylation sites (tertiary alicyclic amines) is 1. The Morgan fingerprint density at radius 1 is 0.810 bits per heavy atom. The smallest absolute Gasteiger partial charge is 0.407 e. The van der Waals surface area contributed by atoms with Gasteiger partial charge in [-0.3, -0.25) is 14.5 Å². The number of methoxy groups -OCH3 is 2. The fraction of sp³-hybridized carbons (Fsp3) is 0.429. The Morgan fingerprint density at radius 3 is 2.07 bits per heavy atom. The monoisotopic (exact) mass is 813 g/mol. The van der Waals surface area contributed by atoms with Crippen molar-refractivity contribution in [2.75, 3.05) is 38.6 Å². The second kappa shape index (κ2) is 16.7. The zero-order chi connectivity index (χ0) is 41.4. The Balaban J connectivity index is 1.09. The molecular weight excluding hydrogens is 764 g/mol. The number of imidazole rings is 2. The average Bonchev–Trinajstić information content (AvgIpc) is 4.03. The lowest BCUT2D eigenvalue weighted by Gasteiger charge is -2.29. The molecule has 0 saturated carbocycles. The molecule has 7 rings (SSSR count). The fourth-order valence-corrected chi connectivity index (χ4v) is 9.64. The standard InChI is InChI=1S/C42H49FN8O6S/c1-22(2)34(48-41(54)56-5)39(52)50-19-28(43)17-32(50)37-44-18-31(46-37)25-10-8-24(9-11-25)26-12-14-29-27(16-26)13-15-30-36(29)47-38(45-30)33-20-58(7)21-51(33)40(53)35(23(3)4)49-42(55)57-6/h8-16,18,22-23,28,32-35H,17,19-21H2,1-7H3,(H3-,44,45,46,47,48,49,54,55)/p+1/t28-,32+,33+,34+,35+,58?/m1/s1. The summed E-state index contributed by atoms with van der Waals surface area (Å²) < 4.78 is 24.3. The van der Waals surface area contributed by atoms with E-state index in [-0.39, 0.29) is 53.6 Å². The highest BCUT2D eigenvalue weighted by Crippen LogP contribution is 2.36. The molecule has 2 aromatic heterocycles. The molecule has 2 aliphatic heterocycles. The van der Waals surface area contributed by atoms with Crippen LogP contribution in [0, 0.1) is 11.8 Å². The molecule has 0 spiro atoms. The SMILES string of the molecule is COC(=O)N[C@H](C(=O)N1C[C@H](F)C[C@H]1c1ncc(-c2ccc(-c3ccc4c(ccc5[nH]c([C@@H]6C[S+](C)CN6C(=O)[C@@H](NC(=O)OC)C(C)C)nc54)c3)cc2)[nH]1)C(C)C. The van der Waals surface area contributed by atoms with Crippen LogP contribution in [0.3, 0.4) is 0 Å². The van der Waals surface area contributed by atoms with Crippen molar-refractivity contribution in [1.29, 1.82) is 0 Å². The van der Waals surface area contributed by atoms with E-state index in [1.807, 2.05) is 62.9 Å². The Morgan fingerprint density at radius 2 is 1.43 bits per heavy atom. The molecule has 16 heteroatoms. The van der Waals surface area contributed by atoms with E-state index in [4.69, 9.17) is 14.5 Å². The number of hydrogen-bond acceptors (Lipinski definition) is 8. The number of nitrogens with one attached hydrogen (secondary N) is 4. The number of benzene rings is 3. The molecule has 1 unspecified atom stereocenters. The van der Waals surface area contributed by atoms with Crippen molar-refractivity contribution in [1.82, 2.24) is 40.4 Å². The predicted molar refractivity (Wildman–Crippen MR) is 222 cm³/mol. The van der Waals surface area contributed by atoms with Gasteiger partial charge in [-0.15, -0.1) is 0 Å². The summed E-state index contributed by atoms with van der Waals surface area (Å²) in [6.07, 6.45) is 1.35. The maximum Gasteiger partial charge on any atom is 0.407 e. The molecule has 3 aromatic carbocycles. The summed E-state index contributed by atoms with van der Waals surface area (Å²) in [7, 11) is 2.48.